The summed E-state index contributed by atoms with van der Waals surface area (Å²) < 4.78 is 32.0. The third-order valence-corrected chi connectivity index (χ3v) is 6.72. The Balaban J connectivity index is 1.63. The molecule has 6 nitrogen and oxygen atoms in total. The molecule has 3 rings (SSSR count). The summed E-state index contributed by atoms with van der Waals surface area (Å²) in [4.78, 5) is 12.9. The average molecular weight is 409 g/mol. The number of nitrogens with zero attached hydrogens (tertiary/aromatic N) is 1. The van der Waals surface area contributed by atoms with Gasteiger partial charge in [-0.1, -0.05) is 29.8 Å². The number of methoxy groups -OCH3 is 1. The van der Waals surface area contributed by atoms with Gasteiger partial charge in [0.2, 0.25) is 10.0 Å². The number of halogens is 1. The zero-order valence-electron chi connectivity index (χ0n) is 14.9. The maximum Gasteiger partial charge on any atom is 0.255 e. The molecule has 144 valence electrons. The van der Waals surface area contributed by atoms with E-state index in [9.17, 15) is 13.2 Å². The summed E-state index contributed by atoms with van der Waals surface area (Å²) >= 11 is 5.98. The zero-order chi connectivity index (χ0) is 19.4. The number of carbonyl (C=O) groups is 1. The van der Waals surface area contributed by atoms with Crippen LogP contribution in [0.5, 0.6) is 5.75 Å². The molecule has 1 heterocycles. The highest BCUT2D eigenvalue weighted by Crippen LogP contribution is 2.24. The highest BCUT2D eigenvalue weighted by molar-refractivity contribution is 7.89. The van der Waals surface area contributed by atoms with Crippen molar-refractivity contribution < 1.29 is 17.9 Å². The molecule has 0 unspecified atom stereocenters. The molecule has 1 fully saturated rings. The Morgan fingerprint density at radius 2 is 1.81 bits per heavy atom. The minimum absolute atomic E-state index is 0.108. The molecule has 1 amide bonds. The number of nitrogens with one attached hydrogen (secondary N) is 1. The summed E-state index contributed by atoms with van der Waals surface area (Å²) in [5.41, 5.74) is 0.365. The van der Waals surface area contributed by atoms with E-state index in [-0.39, 0.29) is 16.8 Å². The van der Waals surface area contributed by atoms with Crippen molar-refractivity contribution in [2.45, 2.75) is 23.8 Å². The Labute approximate surface area is 164 Å². The van der Waals surface area contributed by atoms with Crippen LogP contribution in [-0.2, 0) is 10.0 Å². The van der Waals surface area contributed by atoms with Gasteiger partial charge in [0.1, 0.15) is 5.75 Å². The molecule has 1 aliphatic heterocycles. The van der Waals surface area contributed by atoms with Crippen LogP contribution < -0.4 is 10.1 Å². The van der Waals surface area contributed by atoms with E-state index < -0.39 is 10.0 Å². The van der Waals surface area contributed by atoms with Gasteiger partial charge in [0.25, 0.3) is 5.91 Å². The standard InChI is InChI=1S/C19H21ClN2O4S/c1-26-18-8-7-14(20)13-17(18)19(23)21-15-9-11-22(12-10-15)27(24,25)16-5-3-2-4-6-16/h2-8,13,15H,9-12H2,1H3,(H,21,23). The molecule has 1 saturated heterocycles. The molecule has 0 aliphatic carbocycles. The van der Waals surface area contributed by atoms with Crippen LogP contribution in [0, 0.1) is 0 Å². The van der Waals surface area contributed by atoms with E-state index in [1.165, 1.54) is 11.4 Å². The van der Waals surface area contributed by atoms with Crippen LogP contribution in [0.2, 0.25) is 5.02 Å². The normalized spacial score (nSPS) is 16.1. The van der Waals surface area contributed by atoms with Gasteiger partial charge in [-0.3, -0.25) is 4.79 Å². The number of ether oxygens (including phenoxy) is 1. The smallest absolute Gasteiger partial charge is 0.255 e. The Morgan fingerprint density at radius 1 is 1.15 bits per heavy atom. The van der Waals surface area contributed by atoms with E-state index in [1.807, 2.05) is 0 Å². The van der Waals surface area contributed by atoms with E-state index in [4.69, 9.17) is 16.3 Å². The van der Waals surface area contributed by atoms with Gasteiger partial charge < -0.3 is 10.1 Å². The molecule has 2 aromatic carbocycles. The van der Waals surface area contributed by atoms with Crippen molar-refractivity contribution in [2.24, 2.45) is 0 Å². The van der Waals surface area contributed by atoms with E-state index in [0.29, 0.717) is 42.3 Å². The fraction of sp³-hybridized carbons (Fsp3) is 0.316. The van der Waals surface area contributed by atoms with Crippen LogP contribution in [0.25, 0.3) is 0 Å². The van der Waals surface area contributed by atoms with Crippen molar-refractivity contribution in [3.05, 3.63) is 59.1 Å². The third kappa shape index (κ3) is 4.43. The quantitative estimate of drug-likeness (QED) is 0.825. The molecule has 27 heavy (non-hydrogen) atoms. The van der Waals surface area contributed by atoms with Gasteiger partial charge >= 0.3 is 0 Å². The van der Waals surface area contributed by atoms with Crippen molar-refractivity contribution in [1.29, 1.82) is 0 Å². The van der Waals surface area contributed by atoms with Gasteiger partial charge in [0.15, 0.2) is 0 Å². The minimum atomic E-state index is -3.50. The van der Waals surface area contributed by atoms with Crippen LogP contribution in [0.4, 0.5) is 0 Å². The summed E-state index contributed by atoms with van der Waals surface area (Å²) in [5.74, 6) is 0.166. The molecular formula is C19H21ClN2O4S. The predicted octanol–water partition coefficient (Wildman–Crippen LogP) is 2.93. The molecule has 1 aliphatic rings. The number of carbonyl (C=O) groups excluding carboxylic acids is 1. The van der Waals surface area contributed by atoms with Crippen LogP contribution in [0.15, 0.2) is 53.4 Å². The van der Waals surface area contributed by atoms with Crippen molar-refractivity contribution in [3.8, 4) is 5.75 Å². The number of hydrogen-bond donors (Lipinski definition) is 1. The van der Waals surface area contributed by atoms with Gasteiger partial charge in [0, 0.05) is 24.2 Å². The second kappa shape index (κ2) is 8.29. The highest BCUT2D eigenvalue weighted by Gasteiger charge is 2.30. The van der Waals surface area contributed by atoms with Gasteiger partial charge in [-0.25, -0.2) is 8.42 Å². The van der Waals surface area contributed by atoms with Crippen LogP contribution in [0.3, 0.4) is 0 Å². The fourth-order valence-corrected chi connectivity index (χ4v) is 4.77. The van der Waals surface area contributed by atoms with E-state index in [1.54, 1.807) is 48.5 Å². The summed E-state index contributed by atoms with van der Waals surface area (Å²) in [5, 5.41) is 3.40. The monoisotopic (exact) mass is 408 g/mol. The SMILES string of the molecule is COc1ccc(Cl)cc1C(=O)NC1CCN(S(=O)(=O)c2ccccc2)CC1. The summed E-state index contributed by atoms with van der Waals surface area (Å²) in [6.45, 7) is 0.712. The molecule has 1 N–H and O–H groups in total. The first-order chi connectivity index (χ1) is 12.9. The lowest BCUT2D eigenvalue weighted by atomic mass is 10.1. The molecule has 0 radical (unpaired) electrons. The molecule has 0 atom stereocenters. The number of rotatable bonds is 5. The van der Waals surface area contributed by atoms with Crippen LogP contribution in [0.1, 0.15) is 23.2 Å². The van der Waals surface area contributed by atoms with E-state index in [2.05, 4.69) is 5.32 Å². The van der Waals surface area contributed by atoms with Crippen molar-refractivity contribution in [1.82, 2.24) is 9.62 Å². The van der Waals surface area contributed by atoms with Gasteiger partial charge in [-0.05, 0) is 43.2 Å². The van der Waals surface area contributed by atoms with Crippen molar-refractivity contribution in [2.75, 3.05) is 20.2 Å². The maximum absolute atomic E-state index is 12.7. The van der Waals surface area contributed by atoms with Gasteiger partial charge in [-0.2, -0.15) is 4.31 Å². The Morgan fingerprint density at radius 3 is 2.44 bits per heavy atom. The number of sulfonamides is 1. The molecular weight excluding hydrogens is 388 g/mol. The first-order valence-corrected chi connectivity index (χ1v) is 10.4. The summed E-state index contributed by atoms with van der Waals surface area (Å²) in [7, 11) is -2.01. The number of benzene rings is 2. The van der Waals surface area contributed by atoms with Crippen LogP contribution in [-0.4, -0.2) is 44.9 Å². The Kier molecular flexibility index (Phi) is 6.04. The fourth-order valence-electron chi connectivity index (χ4n) is 3.10. The largest absolute Gasteiger partial charge is 0.496 e. The number of hydrogen-bond acceptors (Lipinski definition) is 4. The molecule has 0 aromatic heterocycles. The van der Waals surface area contributed by atoms with Gasteiger partial charge in [-0.15, -0.1) is 0 Å². The molecule has 8 heteroatoms. The molecule has 0 spiro atoms. The van der Waals surface area contributed by atoms with Gasteiger partial charge in [0.05, 0.1) is 17.6 Å². The summed E-state index contributed by atoms with van der Waals surface area (Å²) in [6.07, 6.45) is 1.08. The number of amides is 1. The first-order valence-electron chi connectivity index (χ1n) is 8.61. The molecule has 2 aromatic rings. The topological polar surface area (TPSA) is 75.7 Å². The highest BCUT2D eigenvalue weighted by atomic mass is 35.5. The van der Waals surface area contributed by atoms with Crippen molar-refractivity contribution in [3.63, 3.8) is 0 Å². The lowest BCUT2D eigenvalue weighted by molar-refractivity contribution is 0.0921. The third-order valence-electron chi connectivity index (χ3n) is 4.58. The second-order valence-electron chi connectivity index (χ2n) is 6.31. The van der Waals surface area contributed by atoms with E-state index in [0.717, 1.165) is 0 Å². The minimum Gasteiger partial charge on any atom is -0.496 e. The lowest BCUT2D eigenvalue weighted by Crippen LogP contribution is -2.46. The maximum atomic E-state index is 12.7. The molecule has 0 saturated carbocycles. The Bertz CT molecular complexity index is 911. The zero-order valence-corrected chi connectivity index (χ0v) is 16.5. The first kappa shape index (κ1) is 19.7. The van der Waals surface area contributed by atoms with Crippen LogP contribution >= 0.6 is 11.6 Å². The lowest BCUT2D eigenvalue weighted by Gasteiger charge is -2.31. The van der Waals surface area contributed by atoms with E-state index >= 15 is 0 Å². The molecule has 0 bridgehead atoms. The summed E-state index contributed by atoms with van der Waals surface area (Å²) in [6, 6.07) is 13.1. The predicted molar refractivity (Wildman–Crippen MR) is 104 cm³/mol. The number of piperidine rings is 1. The Hall–Kier alpha value is -2.09. The second-order valence-corrected chi connectivity index (χ2v) is 8.68. The average Bonchev–Trinajstić information content (AvgIpc) is 2.69. The van der Waals surface area contributed by atoms with Crippen molar-refractivity contribution >= 4 is 27.5 Å².